The van der Waals surface area contributed by atoms with Gasteiger partial charge in [-0.05, 0) is 50.8 Å². The lowest BCUT2D eigenvalue weighted by molar-refractivity contribution is 0.0809. The van der Waals surface area contributed by atoms with Crippen molar-refractivity contribution in [1.29, 1.82) is 0 Å². The fourth-order valence-electron chi connectivity index (χ4n) is 2.41. The summed E-state index contributed by atoms with van der Waals surface area (Å²) in [6.07, 6.45) is 5.63. The van der Waals surface area contributed by atoms with Crippen LogP contribution in [0, 0.1) is 5.92 Å². The van der Waals surface area contributed by atoms with Crippen LogP contribution in [0.2, 0.25) is 0 Å². The second-order valence-electron chi connectivity index (χ2n) is 4.64. The molecule has 4 heteroatoms. The maximum Gasteiger partial charge on any atom is 0.0573 e. The summed E-state index contributed by atoms with van der Waals surface area (Å²) in [7, 11) is 1.95. The Morgan fingerprint density at radius 1 is 1.56 bits per heavy atom. The molecule has 0 spiro atoms. The molecule has 2 rings (SSSR count). The van der Waals surface area contributed by atoms with Crippen LogP contribution >= 0.6 is 0 Å². The normalized spacial score (nSPS) is 19.9. The zero-order chi connectivity index (χ0) is 11.4. The molecule has 2 N–H and O–H groups in total. The van der Waals surface area contributed by atoms with E-state index in [9.17, 15) is 5.11 Å². The van der Waals surface area contributed by atoms with Crippen LogP contribution < -0.4 is 5.32 Å². The van der Waals surface area contributed by atoms with Gasteiger partial charge >= 0.3 is 0 Å². The molecular weight excluding hydrogens is 202 g/mol. The lowest BCUT2D eigenvalue weighted by Gasteiger charge is -2.27. The highest BCUT2D eigenvalue weighted by Crippen LogP contribution is 2.19. The van der Waals surface area contributed by atoms with E-state index >= 15 is 0 Å². The first-order valence-corrected chi connectivity index (χ1v) is 6.13. The molecule has 0 aliphatic carbocycles. The number of aliphatic hydroxyl groups excluding tert-OH is 1. The summed E-state index contributed by atoms with van der Waals surface area (Å²) in [6.45, 7) is 2.10. The van der Waals surface area contributed by atoms with Gasteiger partial charge in [-0.2, -0.15) is 5.10 Å². The largest absolute Gasteiger partial charge is 0.393 e. The van der Waals surface area contributed by atoms with Crippen molar-refractivity contribution in [2.24, 2.45) is 13.0 Å². The van der Waals surface area contributed by atoms with Gasteiger partial charge in [0.25, 0.3) is 0 Å². The number of hydrogen-bond acceptors (Lipinski definition) is 3. The van der Waals surface area contributed by atoms with Crippen molar-refractivity contribution in [2.45, 2.75) is 31.8 Å². The highest BCUT2D eigenvalue weighted by Gasteiger charge is 2.21. The van der Waals surface area contributed by atoms with Crippen molar-refractivity contribution < 1.29 is 5.11 Å². The van der Waals surface area contributed by atoms with Crippen LogP contribution in [0.5, 0.6) is 0 Å². The number of aryl methyl sites for hydroxylation is 2. The maximum absolute atomic E-state index is 10.1. The van der Waals surface area contributed by atoms with Gasteiger partial charge in [-0.3, -0.25) is 4.68 Å². The molecule has 0 amide bonds. The van der Waals surface area contributed by atoms with Crippen molar-refractivity contribution in [3.05, 3.63) is 18.0 Å². The summed E-state index contributed by atoms with van der Waals surface area (Å²) >= 11 is 0. The van der Waals surface area contributed by atoms with Gasteiger partial charge in [0, 0.05) is 18.9 Å². The highest BCUT2D eigenvalue weighted by atomic mass is 16.3. The molecule has 1 aliphatic rings. The number of rotatable bonds is 4. The first kappa shape index (κ1) is 11.6. The fraction of sp³-hybridized carbons (Fsp3) is 0.750. The van der Waals surface area contributed by atoms with Crippen LogP contribution in [0.4, 0.5) is 0 Å². The molecule has 1 aliphatic heterocycles. The second-order valence-corrected chi connectivity index (χ2v) is 4.64. The van der Waals surface area contributed by atoms with Crippen LogP contribution in [-0.4, -0.2) is 34.1 Å². The fourth-order valence-corrected chi connectivity index (χ4v) is 2.41. The van der Waals surface area contributed by atoms with Gasteiger partial charge < -0.3 is 10.4 Å². The molecule has 1 aromatic rings. The number of aromatic nitrogens is 2. The Morgan fingerprint density at radius 2 is 2.31 bits per heavy atom. The Bertz CT molecular complexity index is 318. The Balaban J connectivity index is 1.78. The average molecular weight is 223 g/mol. The Morgan fingerprint density at radius 3 is 2.94 bits per heavy atom. The molecule has 1 atom stereocenters. The standard InChI is InChI=1S/C12H21N3O/c1-15-11(6-9-14-15)2-3-12(16)10-4-7-13-8-5-10/h6,9-10,12-13,16H,2-5,7-8H2,1H3. The zero-order valence-electron chi connectivity index (χ0n) is 9.89. The summed E-state index contributed by atoms with van der Waals surface area (Å²) in [6, 6.07) is 2.02. The number of piperidine rings is 1. The van der Waals surface area contributed by atoms with Crippen LogP contribution in [0.1, 0.15) is 25.0 Å². The smallest absolute Gasteiger partial charge is 0.0573 e. The SMILES string of the molecule is Cn1nccc1CCC(O)C1CCNCC1. The van der Waals surface area contributed by atoms with E-state index in [1.807, 2.05) is 24.0 Å². The number of hydrogen-bond donors (Lipinski definition) is 2. The Kier molecular flexibility index (Phi) is 3.96. The first-order chi connectivity index (χ1) is 7.77. The predicted octanol–water partition coefficient (Wildman–Crippen LogP) is 0.713. The maximum atomic E-state index is 10.1. The van der Waals surface area contributed by atoms with Gasteiger partial charge in [0.15, 0.2) is 0 Å². The third kappa shape index (κ3) is 2.83. The molecule has 4 nitrogen and oxygen atoms in total. The summed E-state index contributed by atoms with van der Waals surface area (Å²) in [4.78, 5) is 0. The molecule has 1 unspecified atom stereocenters. The monoisotopic (exact) mass is 223 g/mol. The van der Waals surface area contributed by atoms with Gasteiger partial charge in [-0.25, -0.2) is 0 Å². The lowest BCUT2D eigenvalue weighted by atomic mass is 9.89. The van der Waals surface area contributed by atoms with Crippen molar-refractivity contribution >= 4 is 0 Å². The minimum absolute atomic E-state index is 0.156. The molecule has 90 valence electrons. The molecule has 1 saturated heterocycles. The van der Waals surface area contributed by atoms with Crippen molar-refractivity contribution in [3.8, 4) is 0 Å². The van der Waals surface area contributed by atoms with E-state index in [1.165, 1.54) is 5.69 Å². The third-order valence-corrected chi connectivity index (χ3v) is 3.55. The van der Waals surface area contributed by atoms with E-state index < -0.39 is 0 Å². The summed E-state index contributed by atoms with van der Waals surface area (Å²) in [5, 5.41) is 17.6. The molecule has 2 heterocycles. The molecule has 0 saturated carbocycles. The molecule has 16 heavy (non-hydrogen) atoms. The van der Waals surface area contributed by atoms with Gasteiger partial charge in [-0.15, -0.1) is 0 Å². The molecule has 0 aromatic carbocycles. The van der Waals surface area contributed by atoms with Crippen LogP contribution in [0.25, 0.3) is 0 Å². The highest BCUT2D eigenvalue weighted by molar-refractivity contribution is 5.00. The topological polar surface area (TPSA) is 50.1 Å². The average Bonchev–Trinajstić information content (AvgIpc) is 2.73. The van der Waals surface area contributed by atoms with E-state index in [4.69, 9.17) is 0 Å². The van der Waals surface area contributed by atoms with Gasteiger partial charge in [0.1, 0.15) is 0 Å². The lowest BCUT2D eigenvalue weighted by Crippen LogP contribution is -2.34. The summed E-state index contributed by atoms with van der Waals surface area (Å²) in [5.74, 6) is 0.481. The van der Waals surface area contributed by atoms with Crippen molar-refractivity contribution in [3.63, 3.8) is 0 Å². The Labute approximate surface area is 96.7 Å². The molecular formula is C12H21N3O. The van der Waals surface area contributed by atoms with Crippen LogP contribution in [0.15, 0.2) is 12.3 Å². The van der Waals surface area contributed by atoms with Crippen molar-refractivity contribution in [2.75, 3.05) is 13.1 Å². The van der Waals surface area contributed by atoms with E-state index in [1.54, 1.807) is 0 Å². The summed E-state index contributed by atoms with van der Waals surface area (Å²) < 4.78 is 1.88. The first-order valence-electron chi connectivity index (χ1n) is 6.13. The predicted molar refractivity (Wildman–Crippen MR) is 63.1 cm³/mol. The van der Waals surface area contributed by atoms with E-state index in [-0.39, 0.29) is 6.10 Å². The number of aliphatic hydroxyl groups is 1. The van der Waals surface area contributed by atoms with Crippen molar-refractivity contribution in [1.82, 2.24) is 15.1 Å². The Hall–Kier alpha value is -0.870. The quantitative estimate of drug-likeness (QED) is 0.790. The van der Waals surface area contributed by atoms with Gasteiger partial charge in [0.2, 0.25) is 0 Å². The van der Waals surface area contributed by atoms with Gasteiger partial charge in [-0.1, -0.05) is 0 Å². The second kappa shape index (κ2) is 5.46. The van der Waals surface area contributed by atoms with E-state index in [2.05, 4.69) is 10.4 Å². The minimum Gasteiger partial charge on any atom is -0.393 e. The van der Waals surface area contributed by atoms with E-state index in [0.717, 1.165) is 38.8 Å². The van der Waals surface area contributed by atoms with E-state index in [0.29, 0.717) is 5.92 Å². The zero-order valence-corrected chi connectivity index (χ0v) is 9.89. The van der Waals surface area contributed by atoms with Crippen LogP contribution in [0.3, 0.4) is 0 Å². The third-order valence-electron chi connectivity index (χ3n) is 3.55. The minimum atomic E-state index is -0.156. The summed E-state index contributed by atoms with van der Waals surface area (Å²) in [5.41, 5.74) is 1.20. The number of nitrogens with one attached hydrogen (secondary N) is 1. The number of nitrogens with zero attached hydrogens (tertiary/aromatic N) is 2. The van der Waals surface area contributed by atoms with Gasteiger partial charge in [0.05, 0.1) is 6.10 Å². The molecule has 0 bridgehead atoms. The van der Waals surface area contributed by atoms with Crippen LogP contribution in [-0.2, 0) is 13.5 Å². The molecule has 1 aromatic heterocycles. The molecule has 0 radical (unpaired) electrons. The molecule has 1 fully saturated rings.